The van der Waals surface area contributed by atoms with E-state index in [2.05, 4.69) is 10.2 Å². The van der Waals surface area contributed by atoms with Crippen LogP contribution in [-0.4, -0.2) is 49.3 Å². The second-order valence-corrected chi connectivity index (χ2v) is 11.8. The Morgan fingerprint density at radius 3 is 2.04 bits per heavy atom. The lowest BCUT2D eigenvalue weighted by Crippen LogP contribution is -2.41. The van der Waals surface area contributed by atoms with Gasteiger partial charge in [0.1, 0.15) is 5.56 Å². The van der Waals surface area contributed by atoms with E-state index < -0.39 is 46.8 Å². The minimum atomic E-state index is -2.35. The second-order valence-electron chi connectivity index (χ2n) is 11.8. The molecule has 2 aliphatic heterocycles. The van der Waals surface area contributed by atoms with Crippen LogP contribution < -0.4 is 14.8 Å². The number of aliphatic hydroxyl groups excluding tert-OH is 1. The van der Waals surface area contributed by atoms with E-state index in [0.717, 1.165) is 29.7 Å². The summed E-state index contributed by atoms with van der Waals surface area (Å²) in [5, 5.41) is 11.7. The lowest BCUT2D eigenvalue weighted by Gasteiger charge is -2.39. The molecule has 0 saturated carbocycles. The van der Waals surface area contributed by atoms with Gasteiger partial charge in [0.25, 0.3) is 5.91 Å². The smallest absolute Gasteiger partial charge is 0.261 e. The molecule has 1 amide bonds. The quantitative estimate of drug-likeness (QED) is 0.115. The van der Waals surface area contributed by atoms with Crippen LogP contribution in [0.15, 0.2) is 60.7 Å². The van der Waals surface area contributed by atoms with Crippen LogP contribution in [0, 0.1) is 29.1 Å². The van der Waals surface area contributed by atoms with Gasteiger partial charge in [0.05, 0.1) is 33.0 Å². The number of nitrogens with zero attached hydrogens (tertiary/aromatic N) is 1. The van der Waals surface area contributed by atoms with Gasteiger partial charge in [-0.05, 0) is 52.9 Å². The van der Waals surface area contributed by atoms with Gasteiger partial charge in [-0.25, -0.2) is 22.0 Å². The normalized spacial score (nSPS) is 19.3. The molecule has 0 radical (unpaired) electrons. The molecule has 2 N–H and O–H groups in total. The van der Waals surface area contributed by atoms with E-state index in [9.17, 15) is 31.9 Å². The van der Waals surface area contributed by atoms with E-state index in [0.29, 0.717) is 36.6 Å². The summed E-state index contributed by atoms with van der Waals surface area (Å²) >= 11 is 0. The summed E-state index contributed by atoms with van der Waals surface area (Å²) in [5.74, 6) is -11.4. The van der Waals surface area contributed by atoms with Gasteiger partial charge in [-0.15, -0.1) is 0 Å². The number of carbonyl (C=O) groups excluding carboxylic acids is 1. The van der Waals surface area contributed by atoms with Gasteiger partial charge in [0.2, 0.25) is 5.82 Å². The molecular formula is C36H33F5N2O6. The van der Waals surface area contributed by atoms with Gasteiger partial charge in [-0.2, -0.15) is 0 Å². The molecule has 258 valence electrons. The Morgan fingerprint density at radius 2 is 1.43 bits per heavy atom. The number of fused-ring (bicyclic) bond motifs is 1. The highest BCUT2D eigenvalue weighted by molar-refractivity contribution is 6.04. The molecule has 1 fully saturated rings. The van der Waals surface area contributed by atoms with E-state index in [1.807, 2.05) is 36.4 Å². The number of ether oxygens (including phenoxy) is 4. The molecule has 4 aromatic carbocycles. The zero-order valence-corrected chi connectivity index (χ0v) is 26.6. The van der Waals surface area contributed by atoms with Crippen molar-refractivity contribution < 1.29 is 50.8 Å². The number of amides is 1. The number of anilines is 1. The molecule has 0 spiro atoms. The number of rotatable bonds is 9. The Kier molecular flexibility index (Phi) is 10.2. The number of benzene rings is 4. The number of hydrogen-bond donors (Lipinski definition) is 2. The summed E-state index contributed by atoms with van der Waals surface area (Å²) in [4.78, 5) is 14.8. The van der Waals surface area contributed by atoms with Crippen molar-refractivity contribution in [1.82, 2.24) is 4.90 Å². The average Bonchev–Trinajstić information content (AvgIpc) is 3.12. The Hall–Kier alpha value is -4.56. The maximum Gasteiger partial charge on any atom is 0.261 e. The zero-order valence-electron chi connectivity index (χ0n) is 26.6. The summed E-state index contributed by atoms with van der Waals surface area (Å²) in [6.45, 7) is 1.96. The first-order valence-corrected chi connectivity index (χ1v) is 15.5. The maximum absolute atomic E-state index is 14.2. The molecule has 3 atom stereocenters. The number of nitrogens with one attached hydrogen (secondary N) is 1. The summed E-state index contributed by atoms with van der Waals surface area (Å²) in [6.07, 6.45) is -0.127. The second kappa shape index (κ2) is 14.5. The van der Waals surface area contributed by atoms with Crippen molar-refractivity contribution in [2.45, 2.75) is 44.5 Å². The molecule has 8 nitrogen and oxygen atoms in total. The van der Waals surface area contributed by atoms with Crippen LogP contribution in [-0.2, 0) is 29.0 Å². The third-order valence-corrected chi connectivity index (χ3v) is 8.75. The van der Waals surface area contributed by atoms with Crippen LogP contribution in [0.3, 0.4) is 0 Å². The number of carbonyl (C=O) groups is 1. The largest absolute Gasteiger partial charge is 0.493 e. The number of aliphatic hydroxyl groups is 1. The van der Waals surface area contributed by atoms with Crippen LogP contribution in [0.2, 0.25) is 0 Å². The van der Waals surface area contributed by atoms with Crippen LogP contribution in [0.25, 0.3) is 0 Å². The minimum absolute atomic E-state index is 0.0419. The molecule has 0 bridgehead atoms. The van der Waals surface area contributed by atoms with Crippen LogP contribution >= 0.6 is 0 Å². The molecule has 1 saturated heterocycles. The fourth-order valence-electron chi connectivity index (χ4n) is 6.14. The third kappa shape index (κ3) is 7.11. The molecule has 4 aromatic rings. The number of halogens is 5. The Balaban J connectivity index is 1.20. The highest BCUT2D eigenvalue weighted by Crippen LogP contribution is 2.39. The van der Waals surface area contributed by atoms with Crippen molar-refractivity contribution in [3.8, 4) is 11.5 Å². The molecule has 0 aliphatic carbocycles. The predicted octanol–water partition coefficient (Wildman–Crippen LogP) is 6.75. The monoisotopic (exact) mass is 684 g/mol. The molecule has 2 aliphatic rings. The molecule has 0 unspecified atom stereocenters. The van der Waals surface area contributed by atoms with Crippen molar-refractivity contribution in [3.05, 3.63) is 123 Å². The van der Waals surface area contributed by atoms with Crippen molar-refractivity contribution in [2.75, 3.05) is 32.6 Å². The Morgan fingerprint density at radius 1 is 0.837 bits per heavy atom. The molecule has 6 rings (SSSR count). The number of methoxy groups -OCH3 is 2. The van der Waals surface area contributed by atoms with Gasteiger partial charge < -0.3 is 29.4 Å². The van der Waals surface area contributed by atoms with Gasteiger partial charge in [-0.1, -0.05) is 36.4 Å². The zero-order chi connectivity index (χ0) is 34.8. The molecule has 13 heteroatoms. The first-order valence-electron chi connectivity index (χ1n) is 15.5. The van der Waals surface area contributed by atoms with Crippen molar-refractivity contribution in [3.63, 3.8) is 0 Å². The average molecular weight is 685 g/mol. The fourth-order valence-corrected chi connectivity index (χ4v) is 6.14. The van der Waals surface area contributed by atoms with E-state index in [1.165, 1.54) is 17.7 Å². The maximum atomic E-state index is 14.2. The molecular weight excluding hydrogens is 651 g/mol. The molecule has 0 aromatic heterocycles. The van der Waals surface area contributed by atoms with Crippen molar-refractivity contribution in [2.24, 2.45) is 0 Å². The lowest BCUT2D eigenvalue weighted by molar-refractivity contribution is -0.253. The van der Waals surface area contributed by atoms with E-state index in [1.54, 1.807) is 26.4 Å². The van der Waals surface area contributed by atoms with Crippen LogP contribution in [0.1, 0.15) is 57.0 Å². The standard InChI is InChI=1S/C36H33F5N2O6/c1-46-27-13-22-11-12-43(16-23(22)14-28(27)47-2)17-25-15-26(20-5-3-19(18-44)4-6-20)49-36(48-25)21-7-9-24(10-8-21)42-35(45)29-30(37)32(39)34(41)33(40)31(29)38/h3-10,13-14,25-26,36,44H,11-12,15-18H2,1-2H3,(H,42,45)/t25-,26+,36+/m0/s1. The third-order valence-electron chi connectivity index (χ3n) is 8.75. The summed E-state index contributed by atoms with van der Waals surface area (Å²) in [7, 11) is 3.21. The fraction of sp³-hybridized carbons (Fsp3) is 0.306. The Bertz CT molecular complexity index is 1810. The van der Waals surface area contributed by atoms with Crippen LogP contribution in [0.5, 0.6) is 11.5 Å². The van der Waals surface area contributed by atoms with Gasteiger partial charge in [0.15, 0.2) is 41.1 Å². The number of hydrogen-bond acceptors (Lipinski definition) is 7. The molecule has 2 heterocycles. The highest BCUT2D eigenvalue weighted by atomic mass is 19.2. The van der Waals surface area contributed by atoms with Crippen molar-refractivity contribution in [1.29, 1.82) is 0 Å². The highest BCUT2D eigenvalue weighted by Gasteiger charge is 2.34. The first-order chi connectivity index (χ1) is 23.6. The van der Waals surface area contributed by atoms with Crippen LogP contribution in [0.4, 0.5) is 27.6 Å². The summed E-state index contributed by atoms with van der Waals surface area (Å²) < 4.78 is 92.9. The van der Waals surface area contributed by atoms with Gasteiger partial charge in [-0.3, -0.25) is 9.69 Å². The van der Waals surface area contributed by atoms with E-state index >= 15 is 0 Å². The van der Waals surface area contributed by atoms with E-state index in [-0.39, 0.29) is 24.5 Å². The van der Waals surface area contributed by atoms with Gasteiger partial charge >= 0.3 is 0 Å². The van der Waals surface area contributed by atoms with E-state index in [4.69, 9.17) is 18.9 Å². The topological polar surface area (TPSA) is 89.5 Å². The summed E-state index contributed by atoms with van der Waals surface area (Å²) in [6, 6.07) is 17.4. The SMILES string of the molecule is COc1cc2c(cc1OC)CN(C[C@@H]1C[C@H](c3ccc(CO)cc3)O[C@H](c3ccc(NC(=O)c4c(F)c(F)c(F)c(F)c4F)cc3)O1)CC2. The first kappa shape index (κ1) is 34.3. The molecule has 49 heavy (non-hydrogen) atoms. The lowest BCUT2D eigenvalue weighted by atomic mass is 9.97. The van der Waals surface area contributed by atoms with Gasteiger partial charge in [0, 0.05) is 37.3 Å². The van der Waals surface area contributed by atoms with Crippen molar-refractivity contribution >= 4 is 11.6 Å². The predicted molar refractivity (Wildman–Crippen MR) is 168 cm³/mol. The summed E-state index contributed by atoms with van der Waals surface area (Å²) in [5.41, 5.74) is 2.99. The Labute approximate surface area is 279 Å². The minimum Gasteiger partial charge on any atom is -0.493 e.